The second-order valence-electron chi connectivity index (χ2n) is 4.90. The molecule has 0 aliphatic carbocycles. The van der Waals surface area contributed by atoms with Crippen LogP contribution in [0.3, 0.4) is 0 Å². The second kappa shape index (κ2) is 7.10. The summed E-state index contributed by atoms with van der Waals surface area (Å²) in [7, 11) is 0. The predicted molar refractivity (Wildman–Crippen MR) is 91.4 cm³/mol. The number of hydrogen-bond donors (Lipinski definition) is 3. The minimum absolute atomic E-state index is 0.0905. The molecule has 126 valence electrons. The number of fused-ring (bicyclic) bond motifs is 1. The van der Waals surface area contributed by atoms with E-state index in [0.29, 0.717) is 28.2 Å². The molecule has 11 heteroatoms. The van der Waals surface area contributed by atoms with E-state index in [4.69, 9.17) is 11.0 Å². The van der Waals surface area contributed by atoms with Crippen molar-refractivity contribution < 1.29 is 4.79 Å². The van der Waals surface area contributed by atoms with Crippen LogP contribution >= 0.6 is 11.8 Å². The van der Waals surface area contributed by atoms with E-state index in [1.54, 1.807) is 0 Å². The molecule has 25 heavy (non-hydrogen) atoms. The summed E-state index contributed by atoms with van der Waals surface area (Å²) in [5, 5.41) is 11.5. The van der Waals surface area contributed by atoms with Crippen molar-refractivity contribution in [2.75, 3.05) is 11.1 Å². The van der Waals surface area contributed by atoms with E-state index in [1.165, 1.54) is 30.5 Å². The van der Waals surface area contributed by atoms with Gasteiger partial charge in [0.1, 0.15) is 16.6 Å². The van der Waals surface area contributed by atoms with Gasteiger partial charge in [-0.1, -0.05) is 18.7 Å². The number of nitrogens with two attached hydrogens (primary N) is 1. The standard InChI is InChI=1S/C14H13N9OS/c1-2-8(11(24)22-14-17-4-7(3-15)5-18-14)25-12-9-10(20-6-19-9)21-13(16)23-12/h4-6,8H,2H2,1H3,(H,17,18,22,24)(H3,16,19,20,21,23)/t8-/m0/s1. The van der Waals surface area contributed by atoms with Crippen molar-refractivity contribution in [3.8, 4) is 6.07 Å². The maximum atomic E-state index is 12.5. The predicted octanol–water partition coefficient (Wildman–Crippen LogP) is 1.11. The van der Waals surface area contributed by atoms with Crippen LogP contribution in [0.25, 0.3) is 11.2 Å². The number of nitrogens with zero attached hydrogens (tertiary/aromatic N) is 6. The summed E-state index contributed by atoms with van der Waals surface area (Å²) < 4.78 is 0. The van der Waals surface area contributed by atoms with E-state index in [0.717, 1.165) is 0 Å². The Balaban J connectivity index is 1.78. The maximum absolute atomic E-state index is 12.5. The molecule has 0 bridgehead atoms. The third-order valence-corrected chi connectivity index (χ3v) is 4.55. The number of imidazole rings is 1. The molecule has 3 aromatic heterocycles. The molecule has 0 aliphatic heterocycles. The lowest BCUT2D eigenvalue weighted by molar-refractivity contribution is -0.115. The van der Waals surface area contributed by atoms with Crippen LogP contribution in [0.15, 0.2) is 23.7 Å². The third-order valence-electron chi connectivity index (χ3n) is 3.20. The monoisotopic (exact) mass is 355 g/mol. The van der Waals surface area contributed by atoms with Crippen molar-refractivity contribution >= 4 is 40.7 Å². The van der Waals surface area contributed by atoms with E-state index in [-0.39, 0.29) is 17.8 Å². The molecule has 0 radical (unpaired) electrons. The number of carbonyl (C=O) groups excluding carboxylic acids is 1. The molecule has 1 atom stereocenters. The summed E-state index contributed by atoms with van der Waals surface area (Å²) in [5.74, 6) is -0.0493. The molecule has 1 amide bonds. The van der Waals surface area contributed by atoms with E-state index in [9.17, 15) is 4.79 Å². The number of nitrogens with one attached hydrogen (secondary N) is 2. The zero-order chi connectivity index (χ0) is 17.8. The van der Waals surface area contributed by atoms with Crippen LogP contribution < -0.4 is 11.1 Å². The van der Waals surface area contributed by atoms with Gasteiger partial charge in [0.05, 0.1) is 29.5 Å². The number of rotatable bonds is 5. The summed E-state index contributed by atoms with van der Waals surface area (Å²) >= 11 is 1.25. The fourth-order valence-corrected chi connectivity index (χ4v) is 3.02. The number of thioether (sulfide) groups is 1. The molecule has 3 heterocycles. The summed E-state index contributed by atoms with van der Waals surface area (Å²) in [5.41, 5.74) is 7.08. The zero-order valence-corrected chi connectivity index (χ0v) is 13.9. The molecule has 4 N–H and O–H groups in total. The number of nitriles is 1. The SMILES string of the molecule is CC[C@H](Sc1nc(N)nc2nc[nH]c12)C(=O)Nc1ncc(C#N)cn1. The molecule has 0 unspecified atom stereocenters. The van der Waals surface area contributed by atoms with Crippen LogP contribution in [0.1, 0.15) is 18.9 Å². The Morgan fingerprint density at radius 2 is 2.16 bits per heavy atom. The highest BCUT2D eigenvalue weighted by Crippen LogP contribution is 2.29. The molecule has 0 aliphatic rings. The molecular weight excluding hydrogens is 342 g/mol. The summed E-state index contributed by atoms with van der Waals surface area (Å²) in [4.78, 5) is 35.6. The normalized spacial score (nSPS) is 11.8. The fraction of sp³-hybridized carbons (Fsp3) is 0.214. The Labute approximate surface area is 146 Å². The van der Waals surface area contributed by atoms with Gasteiger partial charge in [-0.2, -0.15) is 10.2 Å². The number of aromatic nitrogens is 6. The summed E-state index contributed by atoms with van der Waals surface area (Å²) in [6.45, 7) is 1.88. The van der Waals surface area contributed by atoms with Crippen LogP contribution in [0.2, 0.25) is 0 Å². The Bertz CT molecular complexity index is 947. The van der Waals surface area contributed by atoms with Gasteiger partial charge in [0.15, 0.2) is 5.65 Å². The first-order chi connectivity index (χ1) is 12.1. The molecule has 10 nitrogen and oxygen atoms in total. The van der Waals surface area contributed by atoms with Crippen LogP contribution in [0.4, 0.5) is 11.9 Å². The Kier molecular flexibility index (Phi) is 4.71. The van der Waals surface area contributed by atoms with E-state index in [2.05, 4.69) is 35.2 Å². The van der Waals surface area contributed by atoms with Gasteiger partial charge < -0.3 is 10.7 Å². The first kappa shape index (κ1) is 16.6. The van der Waals surface area contributed by atoms with Gasteiger partial charge in [0.25, 0.3) is 0 Å². The van der Waals surface area contributed by atoms with Crippen molar-refractivity contribution in [1.29, 1.82) is 5.26 Å². The molecule has 0 spiro atoms. The first-order valence-corrected chi connectivity index (χ1v) is 8.15. The van der Waals surface area contributed by atoms with Crippen LogP contribution in [-0.2, 0) is 4.79 Å². The van der Waals surface area contributed by atoms with Crippen molar-refractivity contribution in [1.82, 2.24) is 29.9 Å². The van der Waals surface area contributed by atoms with Crippen molar-refractivity contribution in [3.05, 3.63) is 24.3 Å². The highest BCUT2D eigenvalue weighted by atomic mass is 32.2. The molecule has 0 saturated carbocycles. The number of anilines is 2. The number of carbonyl (C=O) groups is 1. The number of aromatic amines is 1. The average Bonchev–Trinajstić information content (AvgIpc) is 3.08. The van der Waals surface area contributed by atoms with Crippen molar-refractivity contribution in [2.45, 2.75) is 23.6 Å². The molecule has 0 saturated heterocycles. The molecular formula is C14H13N9OS. The van der Waals surface area contributed by atoms with Crippen LogP contribution in [0.5, 0.6) is 0 Å². The number of nitrogen functional groups attached to an aromatic ring is 1. The molecule has 0 aromatic carbocycles. The Hall–Kier alpha value is -3.26. The minimum Gasteiger partial charge on any atom is -0.368 e. The number of H-pyrrole nitrogens is 1. The van der Waals surface area contributed by atoms with Gasteiger partial charge in [0.2, 0.25) is 17.8 Å². The lowest BCUT2D eigenvalue weighted by Gasteiger charge is -2.13. The molecule has 3 aromatic rings. The van der Waals surface area contributed by atoms with Gasteiger partial charge in [-0.15, -0.1) is 0 Å². The van der Waals surface area contributed by atoms with Crippen molar-refractivity contribution in [3.63, 3.8) is 0 Å². The Morgan fingerprint density at radius 3 is 2.84 bits per heavy atom. The second-order valence-corrected chi connectivity index (χ2v) is 6.09. The van der Waals surface area contributed by atoms with Gasteiger partial charge >= 0.3 is 0 Å². The van der Waals surface area contributed by atoms with Gasteiger partial charge in [-0.25, -0.2) is 19.9 Å². The first-order valence-electron chi connectivity index (χ1n) is 7.27. The quantitative estimate of drug-likeness (QED) is 0.450. The molecule has 0 fully saturated rings. The largest absolute Gasteiger partial charge is 0.368 e. The van der Waals surface area contributed by atoms with Crippen molar-refractivity contribution in [2.24, 2.45) is 0 Å². The maximum Gasteiger partial charge on any atom is 0.240 e. The summed E-state index contributed by atoms with van der Waals surface area (Å²) in [6.07, 6.45) is 4.73. The van der Waals surface area contributed by atoms with E-state index >= 15 is 0 Å². The van der Waals surface area contributed by atoms with E-state index < -0.39 is 5.25 Å². The minimum atomic E-state index is -0.444. The van der Waals surface area contributed by atoms with Crippen LogP contribution in [-0.4, -0.2) is 41.1 Å². The zero-order valence-electron chi connectivity index (χ0n) is 13.1. The van der Waals surface area contributed by atoms with Gasteiger partial charge in [0, 0.05) is 0 Å². The third kappa shape index (κ3) is 3.64. The lowest BCUT2D eigenvalue weighted by Crippen LogP contribution is -2.25. The highest BCUT2D eigenvalue weighted by Gasteiger charge is 2.22. The molecule has 3 rings (SSSR count). The lowest BCUT2D eigenvalue weighted by atomic mass is 10.3. The fourth-order valence-electron chi connectivity index (χ4n) is 2.01. The van der Waals surface area contributed by atoms with Gasteiger partial charge in [-0.3, -0.25) is 10.1 Å². The number of hydrogen-bond acceptors (Lipinski definition) is 9. The smallest absolute Gasteiger partial charge is 0.240 e. The average molecular weight is 355 g/mol. The van der Waals surface area contributed by atoms with Gasteiger partial charge in [-0.05, 0) is 6.42 Å². The van der Waals surface area contributed by atoms with E-state index in [1.807, 2.05) is 13.0 Å². The topological polar surface area (TPSA) is 159 Å². The van der Waals surface area contributed by atoms with Crippen LogP contribution in [0, 0.1) is 11.3 Å². The summed E-state index contributed by atoms with van der Waals surface area (Å²) in [6, 6.07) is 1.92. The Morgan fingerprint density at radius 1 is 1.40 bits per heavy atom. The number of amides is 1. The highest BCUT2D eigenvalue weighted by molar-refractivity contribution is 8.00.